The minimum absolute atomic E-state index is 0.266. The Bertz CT molecular complexity index is 901. The Morgan fingerprint density at radius 3 is 2.88 bits per heavy atom. The fourth-order valence-corrected chi connectivity index (χ4v) is 3.95. The van der Waals surface area contributed by atoms with Gasteiger partial charge in [0, 0.05) is 17.1 Å². The molecule has 2 aromatic heterocycles. The van der Waals surface area contributed by atoms with Gasteiger partial charge in [0.2, 0.25) is 0 Å². The summed E-state index contributed by atoms with van der Waals surface area (Å²) in [5.74, 6) is 0.814. The van der Waals surface area contributed by atoms with Crippen molar-refractivity contribution in [3.8, 4) is 11.3 Å². The zero-order valence-electron chi connectivity index (χ0n) is 15.1. The first-order chi connectivity index (χ1) is 12.6. The number of aromatic nitrogens is 3. The van der Waals surface area contributed by atoms with Gasteiger partial charge >= 0.3 is 0 Å². The molecule has 0 saturated carbocycles. The molecule has 1 fully saturated rings. The molecule has 136 valence electrons. The summed E-state index contributed by atoms with van der Waals surface area (Å²) in [6.07, 6.45) is 5.35. The molecule has 6 heteroatoms. The number of hydrogen-bond acceptors (Lipinski definition) is 4. The third-order valence-corrected chi connectivity index (χ3v) is 5.72. The van der Waals surface area contributed by atoms with Crippen molar-refractivity contribution in [2.24, 2.45) is 0 Å². The maximum atomic E-state index is 6.40. The summed E-state index contributed by atoms with van der Waals surface area (Å²) in [5.41, 5.74) is 5.27. The van der Waals surface area contributed by atoms with Crippen LogP contribution in [0.2, 0.25) is 5.02 Å². The lowest BCUT2D eigenvalue weighted by molar-refractivity contribution is 0.137. The monoisotopic (exact) mass is 370 g/mol. The van der Waals surface area contributed by atoms with Crippen LogP contribution in [0.1, 0.15) is 47.8 Å². The van der Waals surface area contributed by atoms with Gasteiger partial charge in [0.15, 0.2) is 5.76 Å². The third-order valence-electron chi connectivity index (χ3n) is 5.35. The first-order valence-corrected chi connectivity index (χ1v) is 9.47. The second-order valence-corrected chi connectivity index (χ2v) is 7.40. The molecule has 5 nitrogen and oxygen atoms in total. The van der Waals surface area contributed by atoms with Crippen molar-refractivity contribution >= 4 is 11.6 Å². The number of nitrogens with one attached hydrogen (secondary N) is 1. The molecular weight excluding hydrogens is 348 g/mol. The van der Waals surface area contributed by atoms with Crippen LogP contribution < -0.4 is 0 Å². The summed E-state index contributed by atoms with van der Waals surface area (Å²) in [7, 11) is 0. The van der Waals surface area contributed by atoms with Crippen LogP contribution >= 0.6 is 11.6 Å². The first-order valence-electron chi connectivity index (χ1n) is 9.09. The number of hydrogen-bond donors (Lipinski definition) is 1. The highest BCUT2D eigenvalue weighted by atomic mass is 35.5. The fourth-order valence-electron chi connectivity index (χ4n) is 3.75. The quantitative estimate of drug-likeness (QED) is 0.697. The van der Waals surface area contributed by atoms with Gasteiger partial charge in [-0.3, -0.25) is 10.00 Å². The molecule has 1 aliphatic rings. The molecule has 1 saturated heterocycles. The second kappa shape index (κ2) is 7.25. The normalized spacial score (nSPS) is 18.3. The van der Waals surface area contributed by atoms with Crippen LogP contribution in [0.15, 0.2) is 35.0 Å². The van der Waals surface area contributed by atoms with Gasteiger partial charge in [-0.15, -0.1) is 0 Å². The van der Waals surface area contributed by atoms with Gasteiger partial charge in [0.25, 0.3) is 0 Å². The molecule has 0 radical (unpaired) electrons. The molecule has 4 rings (SSSR count). The first kappa shape index (κ1) is 17.3. The summed E-state index contributed by atoms with van der Waals surface area (Å²) in [6, 6.07) is 8.34. The van der Waals surface area contributed by atoms with E-state index < -0.39 is 0 Å². The van der Waals surface area contributed by atoms with Crippen LogP contribution in [0.3, 0.4) is 0 Å². The summed E-state index contributed by atoms with van der Waals surface area (Å²) in [6.45, 7) is 5.88. The number of benzene rings is 1. The number of aromatic amines is 1. The van der Waals surface area contributed by atoms with Crippen LogP contribution in [0.5, 0.6) is 0 Å². The molecule has 0 spiro atoms. The molecule has 3 aromatic rings. The van der Waals surface area contributed by atoms with Crippen molar-refractivity contribution in [2.75, 3.05) is 6.54 Å². The van der Waals surface area contributed by atoms with E-state index in [0.717, 1.165) is 58.4 Å². The van der Waals surface area contributed by atoms with E-state index in [1.165, 1.54) is 12.8 Å². The average molecular weight is 371 g/mol. The van der Waals surface area contributed by atoms with E-state index in [4.69, 9.17) is 16.1 Å². The van der Waals surface area contributed by atoms with Crippen LogP contribution in [0.4, 0.5) is 0 Å². The van der Waals surface area contributed by atoms with Crippen molar-refractivity contribution in [1.29, 1.82) is 0 Å². The Labute approximate surface area is 158 Å². The van der Waals surface area contributed by atoms with Crippen LogP contribution in [-0.2, 0) is 6.54 Å². The van der Waals surface area contributed by atoms with Gasteiger partial charge in [0.05, 0.1) is 29.2 Å². The predicted octanol–water partition coefficient (Wildman–Crippen LogP) is 5.06. The number of likely N-dealkylation sites (tertiary alicyclic amines) is 1. The van der Waals surface area contributed by atoms with Crippen LogP contribution in [-0.4, -0.2) is 26.8 Å². The smallest absolute Gasteiger partial charge is 0.173 e. The van der Waals surface area contributed by atoms with E-state index in [-0.39, 0.29) is 6.04 Å². The zero-order valence-corrected chi connectivity index (χ0v) is 15.9. The molecular formula is C20H23ClN4O. The van der Waals surface area contributed by atoms with E-state index in [1.54, 1.807) is 0 Å². The maximum absolute atomic E-state index is 6.40. The number of nitrogens with zero attached hydrogens (tertiary/aromatic N) is 3. The summed E-state index contributed by atoms with van der Waals surface area (Å²) < 4.78 is 5.59. The minimum Gasteiger partial charge on any atom is -0.356 e. The zero-order chi connectivity index (χ0) is 18.1. The molecule has 1 atom stereocenters. The highest BCUT2D eigenvalue weighted by molar-refractivity contribution is 6.31. The standard InChI is InChI=1S/C20H23ClN4O/c1-13-14(2)24-26-20(13)16-11-22-23-19(16)18-9-5-6-10-25(18)12-15-7-3-4-8-17(15)21/h3-4,7-8,11,18H,5-6,9-10,12H2,1-2H3,(H,22,23)/t18-/m0/s1. The fraction of sp³-hybridized carbons (Fsp3) is 0.400. The third kappa shape index (κ3) is 3.17. The molecule has 0 amide bonds. The van der Waals surface area contributed by atoms with Crippen molar-refractivity contribution < 1.29 is 4.52 Å². The molecule has 3 heterocycles. The highest BCUT2D eigenvalue weighted by Gasteiger charge is 2.29. The van der Waals surface area contributed by atoms with E-state index in [2.05, 4.69) is 26.3 Å². The Kier molecular flexibility index (Phi) is 4.83. The Hall–Kier alpha value is -2.11. The lowest BCUT2D eigenvalue weighted by atomic mass is 9.95. The maximum Gasteiger partial charge on any atom is 0.173 e. The summed E-state index contributed by atoms with van der Waals surface area (Å²) in [5, 5.41) is 12.5. The lowest BCUT2D eigenvalue weighted by Crippen LogP contribution is -2.33. The van der Waals surface area contributed by atoms with Crippen molar-refractivity contribution in [3.63, 3.8) is 0 Å². The van der Waals surface area contributed by atoms with E-state index >= 15 is 0 Å². The van der Waals surface area contributed by atoms with Gasteiger partial charge in [-0.05, 0) is 44.9 Å². The molecule has 0 bridgehead atoms. The van der Waals surface area contributed by atoms with Gasteiger partial charge in [-0.25, -0.2) is 0 Å². The lowest BCUT2D eigenvalue weighted by Gasteiger charge is -2.35. The predicted molar refractivity (Wildman–Crippen MR) is 102 cm³/mol. The molecule has 1 aromatic carbocycles. The van der Waals surface area contributed by atoms with Crippen LogP contribution in [0.25, 0.3) is 11.3 Å². The SMILES string of the molecule is Cc1noc(-c2cn[nH]c2[C@@H]2CCCCN2Cc2ccccc2Cl)c1C. The van der Waals surface area contributed by atoms with Crippen molar-refractivity contribution in [2.45, 2.75) is 45.7 Å². The topological polar surface area (TPSA) is 58.0 Å². The number of H-pyrrole nitrogens is 1. The molecule has 0 unspecified atom stereocenters. The molecule has 0 aliphatic carbocycles. The number of halogens is 1. The summed E-state index contributed by atoms with van der Waals surface area (Å²) in [4.78, 5) is 2.49. The average Bonchev–Trinajstić information content (AvgIpc) is 3.25. The molecule has 26 heavy (non-hydrogen) atoms. The van der Waals surface area contributed by atoms with E-state index in [9.17, 15) is 0 Å². The van der Waals surface area contributed by atoms with Crippen molar-refractivity contribution in [1.82, 2.24) is 20.3 Å². The Morgan fingerprint density at radius 2 is 2.12 bits per heavy atom. The van der Waals surface area contributed by atoms with Gasteiger partial charge < -0.3 is 4.52 Å². The minimum atomic E-state index is 0.266. The second-order valence-electron chi connectivity index (χ2n) is 6.99. The van der Waals surface area contributed by atoms with Crippen LogP contribution in [0, 0.1) is 13.8 Å². The summed E-state index contributed by atoms with van der Waals surface area (Å²) >= 11 is 6.40. The van der Waals surface area contributed by atoms with E-state index in [1.807, 2.05) is 38.2 Å². The molecule has 1 aliphatic heterocycles. The van der Waals surface area contributed by atoms with Gasteiger partial charge in [-0.2, -0.15) is 5.10 Å². The Balaban J connectivity index is 1.67. The van der Waals surface area contributed by atoms with Gasteiger partial charge in [-0.1, -0.05) is 41.4 Å². The highest BCUT2D eigenvalue weighted by Crippen LogP contribution is 2.38. The number of aryl methyl sites for hydroxylation is 1. The van der Waals surface area contributed by atoms with Crippen molar-refractivity contribution in [3.05, 3.63) is 58.0 Å². The largest absolute Gasteiger partial charge is 0.356 e. The molecule has 1 N–H and O–H groups in total. The van der Waals surface area contributed by atoms with E-state index in [0.29, 0.717) is 0 Å². The van der Waals surface area contributed by atoms with Gasteiger partial charge in [0.1, 0.15) is 0 Å². The number of rotatable bonds is 4. The number of piperidine rings is 1. The Morgan fingerprint density at radius 1 is 1.27 bits per heavy atom.